The van der Waals surface area contributed by atoms with Crippen LogP contribution in [0.1, 0.15) is 24.1 Å². The van der Waals surface area contributed by atoms with Gasteiger partial charge in [-0.1, -0.05) is 24.3 Å². The molecular weight excluding hydrogens is 177 g/mol. The van der Waals surface area contributed by atoms with Gasteiger partial charge in [0.1, 0.15) is 5.82 Å². The van der Waals surface area contributed by atoms with Gasteiger partial charge < -0.3 is 5.32 Å². The van der Waals surface area contributed by atoms with E-state index < -0.39 is 0 Å². The van der Waals surface area contributed by atoms with Gasteiger partial charge in [0.05, 0.1) is 6.04 Å². The highest BCUT2D eigenvalue weighted by atomic mass is 19.1. The van der Waals surface area contributed by atoms with Crippen molar-refractivity contribution in [3.8, 4) is 0 Å². The summed E-state index contributed by atoms with van der Waals surface area (Å²) < 4.78 is 13.4. The Hall–Kier alpha value is -1.15. The van der Waals surface area contributed by atoms with Gasteiger partial charge in [-0.2, -0.15) is 0 Å². The van der Waals surface area contributed by atoms with Crippen molar-refractivity contribution in [3.63, 3.8) is 0 Å². The molecule has 1 atom stereocenters. The lowest BCUT2D eigenvalue weighted by molar-refractivity contribution is 0.539. The molecule has 0 fully saturated rings. The van der Waals surface area contributed by atoms with E-state index in [1.807, 2.05) is 19.1 Å². The van der Waals surface area contributed by atoms with E-state index in [2.05, 4.69) is 11.4 Å². The molecule has 0 spiro atoms. The molecule has 1 nitrogen and oxygen atoms in total. The first kappa shape index (κ1) is 9.41. The summed E-state index contributed by atoms with van der Waals surface area (Å²) in [6, 6.07) is 5.49. The van der Waals surface area contributed by atoms with E-state index in [0.29, 0.717) is 0 Å². The summed E-state index contributed by atoms with van der Waals surface area (Å²) in [5.41, 5.74) is 1.95. The van der Waals surface area contributed by atoms with Crippen LogP contribution in [0.3, 0.4) is 0 Å². The Morgan fingerprint density at radius 1 is 1.50 bits per heavy atom. The molecule has 1 heterocycles. The molecule has 1 aliphatic heterocycles. The van der Waals surface area contributed by atoms with Gasteiger partial charge in [0.15, 0.2) is 0 Å². The second-order valence-electron chi connectivity index (χ2n) is 3.52. The largest absolute Gasteiger partial charge is 0.306 e. The zero-order valence-corrected chi connectivity index (χ0v) is 8.26. The molecular formula is C12H14FN. The highest BCUT2D eigenvalue weighted by Crippen LogP contribution is 2.25. The topological polar surface area (TPSA) is 12.0 Å². The predicted molar refractivity (Wildman–Crippen MR) is 55.7 cm³/mol. The molecule has 1 aromatic rings. The van der Waals surface area contributed by atoms with Crippen LogP contribution in [0.25, 0.3) is 0 Å². The van der Waals surface area contributed by atoms with Crippen molar-refractivity contribution in [2.75, 3.05) is 6.54 Å². The number of hydrogen-bond donors (Lipinski definition) is 1. The lowest BCUT2D eigenvalue weighted by Gasteiger charge is -2.24. The zero-order chi connectivity index (χ0) is 9.97. The van der Waals surface area contributed by atoms with E-state index in [-0.39, 0.29) is 11.9 Å². The van der Waals surface area contributed by atoms with Gasteiger partial charge in [-0.25, -0.2) is 4.39 Å². The minimum absolute atomic E-state index is 0.0708. The first-order valence-corrected chi connectivity index (χ1v) is 4.96. The van der Waals surface area contributed by atoms with Gasteiger partial charge in [-0.15, -0.1) is 0 Å². The Bertz CT molecular complexity index is 357. The Kier molecular flexibility index (Phi) is 2.64. The van der Waals surface area contributed by atoms with Crippen LogP contribution in [0.5, 0.6) is 0 Å². The number of fused-ring (bicyclic) bond motifs is 1. The number of halogens is 1. The summed E-state index contributed by atoms with van der Waals surface area (Å²) in [6.07, 6.45) is 4.85. The molecule has 1 aromatic carbocycles. The van der Waals surface area contributed by atoms with E-state index in [1.165, 1.54) is 6.07 Å². The highest BCUT2D eigenvalue weighted by molar-refractivity contribution is 5.35. The van der Waals surface area contributed by atoms with Gasteiger partial charge in [-0.05, 0) is 30.5 Å². The highest BCUT2D eigenvalue weighted by Gasteiger charge is 2.19. The lowest BCUT2D eigenvalue weighted by atomic mass is 9.94. The van der Waals surface area contributed by atoms with Crippen LogP contribution in [0, 0.1) is 5.82 Å². The standard InChI is InChI=1S/C12H14FN/c1-2-4-12-10-5-3-6-11(13)9(10)7-8-14-12/h2-6,12,14H,7-8H2,1H3/b4-2+. The van der Waals surface area contributed by atoms with Crippen molar-refractivity contribution in [2.45, 2.75) is 19.4 Å². The van der Waals surface area contributed by atoms with Crippen molar-refractivity contribution in [1.82, 2.24) is 5.32 Å². The smallest absolute Gasteiger partial charge is 0.126 e. The maximum absolute atomic E-state index is 13.4. The monoisotopic (exact) mass is 191 g/mol. The molecule has 74 valence electrons. The van der Waals surface area contributed by atoms with E-state index in [9.17, 15) is 4.39 Å². The molecule has 2 heteroatoms. The third kappa shape index (κ3) is 1.58. The fourth-order valence-corrected chi connectivity index (χ4v) is 1.96. The first-order chi connectivity index (χ1) is 6.83. The summed E-state index contributed by atoms with van der Waals surface area (Å²) in [6.45, 7) is 2.83. The number of nitrogens with one attached hydrogen (secondary N) is 1. The van der Waals surface area contributed by atoms with E-state index in [1.54, 1.807) is 6.07 Å². The third-order valence-corrected chi connectivity index (χ3v) is 2.61. The van der Waals surface area contributed by atoms with Gasteiger partial charge in [0.2, 0.25) is 0 Å². The zero-order valence-electron chi connectivity index (χ0n) is 8.26. The SMILES string of the molecule is C/C=C/C1NCCc2c(F)cccc21. The molecule has 0 saturated heterocycles. The minimum Gasteiger partial charge on any atom is -0.306 e. The van der Waals surface area contributed by atoms with Gasteiger partial charge in [0.25, 0.3) is 0 Å². The fraction of sp³-hybridized carbons (Fsp3) is 0.333. The summed E-state index contributed by atoms with van der Waals surface area (Å²) >= 11 is 0. The van der Waals surface area contributed by atoms with Crippen LogP contribution in [0.2, 0.25) is 0 Å². The van der Waals surface area contributed by atoms with Crippen molar-refractivity contribution in [2.24, 2.45) is 0 Å². The van der Waals surface area contributed by atoms with E-state index in [4.69, 9.17) is 0 Å². The van der Waals surface area contributed by atoms with Gasteiger partial charge >= 0.3 is 0 Å². The number of benzene rings is 1. The Balaban J connectivity index is 2.44. The molecule has 0 amide bonds. The second-order valence-corrected chi connectivity index (χ2v) is 3.52. The summed E-state index contributed by atoms with van der Waals surface area (Å²) in [7, 11) is 0. The molecule has 0 aliphatic carbocycles. The lowest BCUT2D eigenvalue weighted by Crippen LogP contribution is -2.29. The summed E-state index contributed by atoms with van der Waals surface area (Å²) in [5, 5.41) is 3.35. The predicted octanol–water partition coefficient (Wildman–Crippen LogP) is 2.59. The average molecular weight is 191 g/mol. The Morgan fingerprint density at radius 2 is 2.36 bits per heavy atom. The molecule has 1 N–H and O–H groups in total. The molecule has 0 aromatic heterocycles. The van der Waals surface area contributed by atoms with Gasteiger partial charge in [0, 0.05) is 6.54 Å². The van der Waals surface area contributed by atoms with Crippen molar-refractivity contribution in [1.29, 1.82) is 0 Å². The molecule has 0 radical (unpaired) electrons. The second kappa shape index (κ2) is 3.93. The van der Waals surface area contributed by atoms with Crippen LogP contribution in [-0.4, -0.2) is 6.54 Å². The first-order valence-electron chi connectivity index (χ1n) is 4.96. The molecule has 1 aliphatic rings. The fourth-order valence-electron chi connectivity index (χ4n) is 1.96. The van der Waals surface area contributed by atoms with Crippen LogP contribution in [0.15, 0.2) is 30.4 Å². The average Bonchev–Trinajstić information content (AvgIpc) is 2.20. The molecule has 1 unspecified atom stereocenters. The normalized spacial score (nSPS) is 21.1. The number of rotatable bonds is 1. The van der Waals surface area contributed by atoms with Crippen molar-refractivity contribution < 1.29 is 4.39 Å². The molecule has 0 bridgehead atoms. The molecule has 0 saturated carbocycles. The number of allylic oxidation sites excluding steroid dienone is 1. The Labute approximate surface area is 83.6 Å². The van der Waals surface area contributed by atoms with Crippen LogP contribution < -0.4 is 5.32 Å². The Morgan fingerprint density at radius 3 is 3.14 bits per heavy atom. The number of hydrogen-bond acceptors (Lipinski definition) is 1. The van der Waals surface area contributed by atoms with Crippen molar-refractivity contribution >= 4 is 0 Å². The van der Waals surface area contributed by atoms with Crippen molar-refractivity contribution in [3.05, 3.63) is 47.3 Å². The summed E-state index contributed by atoms with van der Waals surface area (Å²) in [4.78, 5) is 0. The maximum Gasteiger partial charge on any atom is 0.126 e. The third-order valence-electron chi connectivity index (χ3n) is 2.61. The van der Waals surface area contributed by atoms with E-state index in [0.717, 1.165) is 24.1 Å². The quantitative estimate of drug-likeness (QED) is 0.673. The van der Waals surface area contributed by atoms with E-state index >= 15 is 0 Å². The van der Waals surface area contributed by atoms with Crippen LogP contribution in [-0.2, 0) is 6.42 Å². The van der Waals surface area contributed by atoms with Crippen LogP contribution >= 0.6 is 0 Å². The maximum atomic E-state index is 13.4. The minimum atomic E-state index is -0.0708. The molecule has 2 rings (SSSR count). The summed E-state index contributed by atoms with van der Waals surface area (Å²) in [5.74, 6) is -0.0708. The van der Waals surface area contributed by atoms with Gasteiger partial charge in [-0.3, -0.25) is 0 Å². The molecule has 14 heavy (non-hydrogen) atoms. The van der Waals surface area contributed by atoms with Crippen LogP contribution in [0.4, 0.5) is 4.39 Å².